The van der Waals surface area contributed by atoms with E-state index in [1.807, 2.05) is 7.05 Å². The third kappa shape index (κ3) is 2.48. The van der Waals surface area contributed by atoms with E-state index >= 15 is 0 Å². The Morgan fingerprint density at radius 3 is 2.91 bits per heavy atom. The lowest BCUT2D eigenvalue weighted by Gasteiger charge is -2.08. The van der Waals surface area contributed by atoms with Crippen molar-refractivity contribution in [2.45, 2.75) is 11.5 Å². The molecule has 9 heteroatoms. The average Bonchev–Trinajstić information content (AvgIpc) is 3.28. The van der Waals surface area contributed by atoms with Crippen LogP contribution in [0, 0.1) is 0 Å². The highest BCUT2D eigenvalue weighted by Gasteiger charge is 2.23. The van der Waals surface area contributed by atoms with Crippen LogP contribution in [0.3, 0.4) is 0 Å². The first kappa shape index (κ1) is 13.9. The fourth-order valence-electron chi connectivity index (χ4n) is 2.48. The number of nitrogens with zero attached hydrogens (tertiary/aromatic N) is 6. The molecule has 1 aliphatic rings. The second-order valence-electron chi connectivity index (χ2n) is 5.09. The summed E-state index contributed by atoms with van der Waals surface area (Å²) < 4.78 is 3.36. The molecule has 0 unspecified atom stereocenters. The van der Waals surface area contributed by atoms with Crippen molar-refractivity contribution >= 4 is 23.5 Å². The van der Waals surface area contributed by atoms with Crippen molar-refractivity contribution in [2.75, 3.05) is 5.32 Å². The Kier molecular flexibility index (Phi) is 3.34. The minimum atomic E-state index is -0.261. The average molecular weight is 327 g/mol. The molecule has 4 rings (SSSR count). The molecule has 1 amide bonds. The summed E-state index contributed by atoms with van der Waals surface area (Å²) in [5, 5.41) is 14.8. The Bertz CT molecular complexity index is 871. The van der Waals surface area contributed by atoms with Gasteiger partial charge in [0.05, 0.1) is 5.69 Å². The van der Waals surface area contributed by atoms with E-state index in [9.17, 15) is 4.79 Å². The van der Waals surface area contributed by atoms with E-state index in [4.69, 9.17) is 0 Å². The number of rotatable bonds is 3. The molecule has 0 radical (unpaired) electrons. The molecular weight excluding hydrogens is 314 g/mol. The minimum absolute atomic E-state index is 0.261. The molecule has 0 bridgehead atoms. The van der Waals surface area contributed by atoms with Gasteiger partial charge in [0.25, 0.3) is 5.91 Å². The largest absolute Gasteiger partial charge is 0.305 e. The second-order valence-corrected chi connectivity index (χ2v) is 6.08. The predicted molar refractivity (Wildman–Crippen MR) is 85.3 cm³/mol. The Morgan fingerprint density at radius 2 is 2.09 bits per heavy atom. The molecule has 1 aliphatic heterocycles. The number of carbonyl (C=O) groups excluding carboxylic acids is 1. The van der Waals surface area contributed by atoms with Gasteiger partial charge in [-0.15, -0.1) is 10.2 Å². The lowest BCUT2D eigenvalue weighted by atomic mass is 10.2. The molecular formula is C14H13N7OS. The highest BCUT2D eigenvalue weighted by Crippen LogP contribution is 2.34. The fourth-order valence-corrected chi connectivity index (χ4v) is 3.52. The highest BCUT2D eigenvalue weighted by atomic mass is 32.2. The van der Waals surface area contributed by atoms with Crippen molar-refractivity contribution in [3.05, 3.63) is 47.8 Å². The van der Waals surface area contributed by atoms with Crippen molar-refractivity contribution in [1.29, 1.82) is 0 Å². The first-order chi connectivity index (χ1) is 11.2. The monoisotopic (exact) mass is 327 g/mol. The molecule has 3 aromatic heterocycles. The molecule has 8 nitrogen and oxygen atoms in total. The van der Waals surface area contributed by atoms with E-state index < -0.39 is 0 Å². The number of hydrogen-bond acceptors (Lipinski definition) is 6. The van der Waals surface area contributed by atoms with Crippen LogP contribution in [0.15, 0.2) is 30.9 Å². The summed E-state index contributed by atoms with van der Waals surface area (Å²) in [7, 11) is 1.83. The Balaban J connectivity index is 1.62. The summed E-state index contributed by atoms with van der Waals surface area (Å²) >= 11 is 1.80. The maximum absolute atomic E-state index is 12.5. The van der Waals surface area contributed by atoms with Gasteiger partial charge in [0.2, 0.25) is 0 Å². The summed E-state index contributed by atoms with van der Waals surface area (Å²) in [5.74, 6) is 2.83. The van der Waals surface area contributed by atoms with Gasteiger partial charge in [-0.25, -0.2) is 4.98 Å². The topological polar surface area (TPSA) is 90.5 Å². The van der Waals surface area contributed by atoms with Crippen molar-refractivity contribution in [1.82, 2.24) is 29.5 Å². The molecule has 0 spiro atoms. The van der Waals surface area contributed by atoms with Crippen LogP contribution < -0.4 is 5.32 Å². The quantitative estimate of drug-likeness (QED) is 0.782. The summed E-state index contributed by atoms with van der Waals surface area (Å²) in [6.07, 6.45) is 3.07. The number of nitrogens with one attached hydrogen (secondary N) is 1. The fraction of sp³-hybridized carbons (Fsp3) is 0.214. The molecule has 0 aliphatic carbocycles. The second kappa shape index (κ2) is 5.51. The van der Waals surface area contributed by atoms with Crippen LogP contribution in [0.2, 0.25) is 0 Å². The summed E-state index contributed by atoms with van der Waals surface area (Å²) in [5.41, 5.74) is 2.47. The molecule has 4 heterocycles. The van der Waals surface area contributed by atoms with Crippen LogP contribution in [0.4, 0.5) is 5.82 Å². The van der Waals surface area contributed by atoms with E-state index in [0.717, 1.165) is 28.6 Å². The SMILES string of the molecule is Cn1nc2c(c1NC(=O)c1cccc(-n3cnnc3)n1)CSC2. The smallest absolute Gasteiger partial charge is 0.275 e. The Morgan fingerprint density at radius 1 is 1.26 bits per heavy atom. The normalized spacial score (nSPS) is 13.1. The maximum Gasteiger partial charge on any atom is 0.275 e. The molecule has 0 aromatic carbocycles. The number of amides is 1. The van der Waals surface area contributed by atoms with Gasteiger partial charge in [0, 0.05) is 24.1 Å². The van der Waals surface area contributed by atoms with Gasteiger partial charge in [-0.3, -0.25) is 14.0 Å². The van der Waals surface area contributed by atoms with Crippen molar-refractivity contribution in [3.63, 3.8) is 0 Å². The number of pyridine rings is 1. The van der Waals surface area contributed by atoms with E-state index in [0.29, 0.717) is 11.5 Å². The van der Waals surface area contributed by atoms with Crippen molar-refractivity contribution < 1.29 is 4.79 Å². The van der Waals surface area contributed by atoms with Crippen LogP contribution in [-0.2, 0) is 18.6 Å². The lowest BCUT2D eigenvalue weighted by molar-refractivity contribution is 0.102. The van der Waals surface area contributed by atoms with Crippen molar-refractivity contribution in [3.8, 4) is 5.82 Å². The summed E-state index contributed by atoms with van der Waals surface area (Å²) in [6, 6.07) is 5.24. The van der Waals surface area contributed by atoms with Crippen LogP contribution in [-0.4, -0.2) is 35.4 Å². The van der Waals surface area contributed by atoms with Crippen molar-refractivity contribution in [2.24, 2.45) is 7.05 Å². The zero-order valence-electron chi connectivity index (χ0n) is 12.3. The lowest BCUT2D eigenvalue weighted by Crippen LogP contribution is -2.17. The number of hydrogen-bond donors (Lipinski definition) is 1. The van der Waals surface area contributed by atoms with E-state index in [1.165, 1.54) is 12.7 Å². The molecule has 0 saturated heterocycles. The number of fused-ring (bicyclic) bond motifs is 1. The van der Waals surface area contributed by atoms with Crippen LogP contribution in [0.5, 0.6) is 0 Å². The van der Waals surface area contributed by atoms with Crippen LogP contribution >= 0.6 is 11.8 Å². The first-order valence-corrected chi connectivity index (χ1v) is 8.14. The molecule has 1 N–H and O–H groups in total. The summed E-state index contributed by atoms with van der Waals surface area (Å²) in [6.45, 7) is 0. The molecule has 0 saturated carbocycles. The Labute approximate surface area is 135 Å². The van der Waals surface area contributed by atoms with Gasteiger partial charge in [-0.2, -0.15) is 16.9 Å². The zero-order valence-corrected chi connectivity index (χ0v) is 13.1. The number of thioether (sulfide) groups is 1. The number of aromatic nitrogens is 6. The van der Waals surface area contributed by atoms with Gasteiger partial charge < -0.3 is 5.32 Å². The highest BCUT2D eigenvalue weighted by molar-refractivity contribution is 7.98. The van der Waals surface area contributed by atoms with Crippen LogP contribution in [0.25, 0.3) is 5.82 Å². The zero-order chi connectivity index (χ0) is 15.8. The third-order valence-corrected chi connectivity index (χ3v) is 4.57. The van der Waals surface area contributed by atoms with Gasteiger partial charge in [-0.05, 0) is 12.1 Å². The first-order valence-electron chi connectivity index (χ1n) is 6.98. The summed E-state index contributed by atoms with van der Waals surface area (Å²) in [4.78, 5) is 16.9. The number of carbonyl (C=O) groups is 1. The van der Waals surface area contributed by atoms with E-state index in [1.54, 1.807) is 39.2 Å². The third-order valence-electron chi connectivity index (χ3n) is 3.60. The number of aryl methyl sites for hydroxylation is 1. The van der Waals surface area contributed by atoms with E-state index in [-0.39, 0.29) is 5.91 Å². The van der Waals surface area contributed by atoms with Gasteiger partial charge in [0.15, 0.2) is 0 Å². The molecule has 23 heavy (non-hydrogen) atoms. The maximum atomic E-state index is 12.5. The van der Waals surface area contributed by atoms with Gasteiger partial charge in [0.1, 0.15) is 30.0 Å². The standard InChI is InChI=1S/C14H13N7OS/c1-20-13(9-5-23-6-11(9)19-20)18-14(22)10-3-2-4-12(17-10)21-7-15-16-8-21/h2-4,7-8H,5-6H2,1H3,(H,18,22). The van der Waals surface area contributed by atoms with E-state index in [2.05, 4.69) is 25.6 Å². The van der Waals surface area contributed by atoms with Gasteiger partial charge >= 0.3 is 0 Å². The molecule has 0 atom stereocenters. The molecule has 3 aromatic rings. The minimum Gasteiger partial charge on any atom is -0.305 e. The number of anilines is 1. The predicted octanol–water partition coefficient (Wildman–Crippen LogP) is 1.39. The Hall–Kier alpha value is -2.68. The van der Waals surface area contributed by atoms with Gasteiger partial charge in [-0.1, -0.05) is 6.07 Å². The molecule has 0 fully saturated rings. The van der Waals surface area contributed by atoms with Crippen LogP contribution in [0.1, 0.15) is 21.7 Å². The molecule has 116 valence electrons.